The van der Waals surface area contributed by atoms with Crippen LogP contribution in [0.2, 0.25) is 0 Å². The number of nitrogens with two attached hydrogens (primary N) is 1. The Kier molecular flexibility index (Phi) is 4.48. The molecule has 0 amide bonds. The number of hydrogen-bond donors (Lipinski definition) is 1. The predicted octanol–water partition coefficient (Wildman–Crippen LogP) is 3.16. The predicted molar refractivity (Wildman–Crippen MR) is 74.1 cm³/mol. The van der Waals surface area contributed by atoms with Gasteiger partial charge in [-0.05, 0) is 58.5 Å². The van der Waals surface area contributed by atoms with Crippen LogP contribution in [0, 0.1) is 5.92 Å². The van der Waals surface area contributed by atoms with Crippen LogP contribution in [0.3, 0.4) is 0 Å². The van der Waals surface area contributed by atoms with Gasteiger partial charge in [0.2, 0.25) is 0 Å². The van der Waals surface area contributed by atoms with E-state index >= 15 is 0 Å². The van der Waals surface area contributed by atoms with E-state index in [1.807, 2.05) is 0 Å². The van der Waals surface area contributed by atoms with E-state index in [4.69, 9.17) is 5.73 Å². The molecule has 1 unspecified atom stereocenters. The van der Waals surface area contributed by atoms with E-state index in [2.05, 4.69) is 18.7 Å². The molecule has 0 aromatic heterocycles. The van der Waals surface area contributed by atoms with Gasteiger partial charge >= 0.3 is 0 Å². The molecule has 2 nitrogen and oxygen atoms in total. The highest BCUT2D eigenvalue weighted by Gasteiger charge is 2.38. The van der Waals surface area contributed by atoms with E-state index in [0.29, 0.717) is 6.04 Å². The lowest BCUT2D eigenvalue weighted by Gasteiger charge is -2.44. The molecule has 0 spiro atoms. The van der Waals surface area contributed by atoms with Crippen LogP contribution in [0.15, 0.2) is 0 Å². The van der Waals surface area contributed by atoms with Gasteiger partial charge in [0.25, 0.3) is 0 Å². The van der Waals surface area contributed by atoms with Crippen molar-refractivity contribution < 1.29 is 0 Å². The van der Waals surface area contributed by atoms with Crippen LogP contribution < -0.4 is 5.73 Å². The lowest BCUT2D eigenvalue weighted by atomic mass is 9.82. The molecule has 2 aliphatic rings. The molecule has 1 atom stereocenters. The first kappa shape index (κ1) is 13.4. The summed E-state index contributed by atoms with van der Waals surface area (Å²) in [7, 11) is 0. The summed E-state index contributed by atoms with van der Waals surface area (Å²) in [6.45, 7) is 7.27. The van der Waals surface area contributed by atoms with Gasteiger partial charge in [-0.15, -0.1) is 0 Å². The van der Waals surface area contributed by atoms with Crippen LogP contribution in [0.25, 0.3) is 0 Å². The smallest absolute Gasteiger partial charge is 0.0306 e. The number of rotatable bonds is 3. The van der Waals surface area contributed by atoms with Crippen molar-refractivity contribution in [2.75, 3.05) is 13.1 Å². The highest BCUT2D eigenvalue weighted by Crippen LogP contribution is 2.34. The van der Waals surface area contributed by atoms with Crippen molar-refractivity contribution in [3.8, 4) is 0 Å². The van der Waals surface area contributed by atoms with E-state index in [1.54, 1.807) is 0 Å². The first-order chi connectivity index (χ1) is 8.12. The molecule has 1 saturated carbocycles. The fraction of sp³-hybridized carbons (Fsp3) is 1.00. The van der Waals surface area contributed by atoms with Gasteiger partial charge < -0.3 is 5.73 Å². The topological polar surface area (TPSA) is 29.3 Å². The fourth-order valence-electron chi connectivity index (χ4n) is 3.75. The van der Waals surface area contributed by atoms with Crippen molar-refractivity contribution in [2.45, 2.75) is 76.8 Å². The Morgan fingerprint density at radius 1 is 0.941 bits per heavy atom. The Hall–Kier alpha value is -0.0800. The molecule has 1 aliphatic carbocycles. The second-order valence-electron chi connectivity index (χ2n) is 6.63. The van der Waals surface area contributed by atoms with Crippen LogP contribution in [0.5, 0.6) is 0 Å². The number of hydrogen-bond acceptors (Lipinski definition) is 2. The lowest BCUT2D eigenvalue weighted by molar-refractivity contribution is 0.0762. The third-order valence-electron chi connectivity index (χ3n) is 5.14. The first-order valence-electron chi connectivity index (χ1n) is 7.63. The second kappa shape index (κ2) is 5.71. The van der Waals surface area contributed by atoms with Crippen molar-refractivity contribution >= 4 is 0 Å². The molecule has 17 heavy (non-hydrogen) atoms. The largest absolute Gasteiger partial charge is 0.326 e. The Morgan fingerprint density at radius 3 is 2.00 bits per heavy atom. The molecule has 2 N–H and O–H groups in total. The van der Waals surface area contributed by atoms with E-state index in [-0.39, 0.29) is 5.54 Å². The zero-order valence-corrected chi connectivity index (χ0v) is 11.8. The van der Waals surface area contributed by atoms with Crippen LogP contribution >= 0.6 is 0 Å². The minimum Gasteiger partial charge on any atom is -0.326 e. The zero-order valence-electron chi connectivity index (χ0n) is 11.8. The molecule has 0 bridgehead atoms. The third kappa shape index (κ3) is 3.03. The summed E-state index contributed by atoms with van der Waals surface area (Å²) in [6.07, 6.45) is 11.1. The number of likely N-dealkylation sites (tertiary alicyclic amines) is 1. The minimum absolute atomic E-state index is 0.194. The summed E-state index contributed by atoms with van der Waals surface area (Å²) in [5.41, 5.74) is 6.79. The second-order valence-corrected chi connectivity index (χ2v) is 6.63. The molecule has 2 fully saturated rings. The Balaban J connectivity index is 1.99. The molecule has 2 heteroatoms. The summed E-state index contributed by atoms with van der Waals surface area (Å²) in [5, 5.41) is 0. The molecule has 0 aromatic rings. The van der Waals surface area contributed by atoms with Gasteiger partial charge in [0.15, 0.2) is 0 Å². The van der Waals surface area contributed by atoms with Crippen molar-refractivity contribution in [3.63, 3.8) is 0 Å². The highest BCUT2D eigenvalue weighted by atomic mass is 15.2. The van der Waals surface area contributed by atoms with Gasteiger partial charge in [0.05, 0.1) is 0 Å². The van der Waals surface area contributed by atoms with Gasteiger partial charge in [-0.1, -0.05) is 25.7 Å². The number of nitrogens with zero attached hydrogens (tertiary/aromatic N) is 1. The van der Waals surface area contributed by atoms with E-state index in [0.717, 1.165) is 5.92 Å². The van der Waals surface area contributed by atoms with Gasteiger partial charge in [-0.2, -0.15) is 0 Å². The average Bonchev–Trinajstić information content (AvgIpc) is 2.69. The highest BCUT2D eigenvalue weighted by molar-refractivity contribution is 4.96. The van der Waals surface area contributed by atoms with E-state index in [9.17, 15) is 0 Å². The SMILES string of the molecule is CC(C)(C(N)C1CCCC1)N1CCCCCC1. The molecule has 1 heterocycles. The summed E-state index contributed by atoms with van der Waals surface area (Å²) in [5.74, 6) is 0.772. The molecule has 100 valence electrons. The van der Waals surface area contributed by atoms with Crippen molar-refractivity contribution in [1.82, 2.24) is 4.90 Å². The van der Waals surface area contributed by atoms with Crippen molar-refractivity contribution in [3.05, 3.63) is 0 Å². The molecular weight excluding hydrogens is 208 g/mol. The lowest BCUT2D eigenvalue weighted by Crippen LogP contribution is -2.58. The normalized spacial score (nSPS) is 27.0. The van der Waals surface area contributed by atoms with Gasteiger partial charge in [-0.25, -0.2) is 0 Å². The maximum Gasteiger partial charge on any atom is 0.0306 e. The minimum atomic E-state index is 0.194. The maximum atomic E-state index is 6.60. The average molecular weight is 238 g/mol. The van der Waals surface area contributed by atoms with Crippen molar-refractivity contribution in [2.24, 2.45) is 11.7 Å². The van der Waals surface area contributed by atoms with Crippen LogP contribution in [-0.4, -0.2) is 29.6 Å². The molecular formula is C15H30N2. The summed E-state index contributed by atoms with van der Waals surface area (Å²) < 4.78 is 0. The molecule has 1 saturated heterocycles. The summed E-state index contributed by atoms with van der Waals surface area (Å²) in [4.78, 5) is 2.67. The van der Waals surface area contributed by atoms with Crippen LogP contribution in [-0.2, 0) is 0 Å². The van der Waals surface area contributed by atoms with Crippen LogP contribution in [0.1, 0.15) is 65.2 Å². The Morgan fingerprint density at radius 2 is 1.47 bits per heavy atom. The summed E-state index contributed by atoms with van der Waals surface area (Å²) >= 11 is 0. The quantitative estimate of drug-likeness (QED) is 0.818. The van der Waals surface area contributed by atoms with E-state index in [1.165, 1.54) is 64.5 Å². The van der Waals surface area contributed by atoms with E-state index < -0.39 is 0 Å². The summed E-state index contributed by atoms with van der Waals surface area (Å²) in [6, 6.07) is 0.364. The van der Waals surface area contributed by atoms with Gasteiger partial charge in [-0.3, -0.25) is 4.90 Å². The monoisotopic (exact) mass is 238 g/mol. The van der Waals surface area contributed by atoms with Crippen LogP contribution in [0.4, 0.5) is 0 Å². The van der Waals surface area contributed by atoms with Gasteiger partial charge in [0, 0.05) is 11.6 Å². The van der Waals surface area contributed by atoms with Gasteiger partial charge in [0.1, 0.15) is 0 Å². The molecule has 2 rings (SSSR count). The fourth-order valence-corrected chi connectivity index (χ4v) is 3.75. The maximum absolute atomic E-state index is 6.60. The zero-order chi connectivity index (χ0) is 12.3. The third-order valence-corrected chi connectivity index (χ3v) is 5.14. The first-order valence-corrected chi connectivity index (χ1v) is 7.63. The van der Waals surface area contributed by atoms with Crippen molar-refractivity contribution in [1.29, 1.82) is 0 Å². The molecule has 1 aliphatic heterocycles. The molecule has 0 radical (unpaired) electrons. The Labute approximate surface area is 107 Å². The Bertz CT molecular complexity index is 219. The standard InChI is InChI=1S/C15H30N2/c1-15(2,14(16)13-9-5-6-10-13)17-11-7-3-4-8-12-17/h13-14H,3-12,16H2,1-2H3. The molecule has 0 aromatic carbocycles.